The fourth-order valence-electron chi connectivity index (χ4n) is 1.86. The van der Waals surface area contributed by atoms with Crippen LogP contribution in [-0.4, -0.2) is 0 Å². The van der Waals surface area contributed by atoms with Crippen molar-refractivity contribution < 1.29 is 13.2 Å². The standard InChI is InChI=1S/C14H11ClF3N/c15-13-7-9(5-6-10(13)8-19)11-3-1-2-4-12(11)14(16,17)18/h1-7H,8,19H2. The minimum absolute atomic E-state index is 0.112. The molecule has 0 spiro atoms. The molecule has 0 heterocycles. The predicted molar refractivity (Wildman–Crippen MR) is 69.8 cm³/mol. The predicted octanol–water partition coefficient (Wildman–Crippen LogP) is 4.48. The highest BCUT2D eigenvalue weighted by molar-refractivity contribution is 6.31. The average molecular weight is 286 g/mol. The Hall–Kier alpha value is -1.52. The molecule has 0 aliphatic heterocycles. The van der Waals surface area contributed by atoms with E-state index in [1.165, 1.54) is 18.2 Å². The van der Waals surface area contributed by atoms with Crippen LogP contribution in [0.5, 0.6) is 0 Å². The minimum atomic E-state index is -4.39. The smallest absolute Gasteiger partial charge is 0.326 e. The fourth-order valence-corrected chi connectivity index (χ4v) is 2.12. The number of halogens is 4. The number of hydrogen-bond donors (Lipinski definition) is 1. The fraction of sp³-hybridized carbons (Fsp3) is 0.143. The Kier molecular flexibility index (Phi) is 3.83. The average Bonchev–Trinajstić information content (AvgIpc) is 2.37. The van der Waals surface area contributed by atoms with Crippen molar-refractivity contribution in [2.45, 2.75) is 12.7 Å². The summed E-state index contributed by atoms with van der Waals surface area (Å²) in [6.45, 7) is 0.250. The lowest BCUT2D eigenvalue weighted by molar-refractivity contribution is -0.137. The Bertz CT molecular complexity index is 593. The summed E-state index contributed by atoms with van der Waals surface area (Å²) in [5.41, 5.74) is 6.04. The first-order chi connectivity index (χ1) is 8.93. The Labute approximate surface area is 113 Å². The molecule has 0 unspecified atom stereocenters. The Morgan fingerprint density at radius 3 is 2.32 bits per heavy atom. The summed E-state index contributed by atoms with van der Waals surface area (Å²) in [6.07, 6.45) is -4.39. The SMILES string of the molecule is NCc1ccc(-c2ccccc2C(F)(F)F)cc1Cl. The van der Waals surface area contributed by atoms with Crippen molar-refractivity contribution in [2.75, 3.05) is 0 Å². The molecule has 0 aliphatic carbocycles. The largest absolute Gasteiger partial charge is 0.417 e. The van der Waals surface area contributed by atoms with Crippen LogP contribution in [0.2, 0.25) is 5.02 Å². The maximum atomic E-state index is 12.9. The lowest BCUT2D eigenvalue weighted by Crippen LogP contribution is -2.07. The molecular formula is C14H11ClF3N. The van der Waals surface area contributed by atoms with E-state index in [-0.39, 0.29) is 12.1 Å². The summed E-state index contributed by atoms with van der Waals surface area (Å²) in [6, 6.07) is 10.2. The van der Waals surface area contributed by atoms with Gasteiger partial charge < -0.3 is 5.73 Å². The molecule has 2 aromatic rings. The molecule has 0 aromatic heterocycles. The molecule has 0 aliphatic rings. The van der Waals surface area contributed by atoms with Crippen LogP contribution in [0.3, 0.4) is 0 Å². The van der Waals surface area contributed by atoms with Crippen molar-refractivity contribution >= 4 is 11.6 Å². The van der Waals surface area contributed by atoms with Crippen LogP contribution in [0.25, 0.3) is 11.1 Å². The second-order valence-electron chi connectivity index (χ2n) is 4.05. The number of nitrogens with two attached hydrogens (primary N) is 1. The molecule has 2 aromatic carbocycles. The highest BCUT2D eigenvalue weighted by atomic mass is 35.5. The third-order valence-electron chi connectivity index (χ3n) is 2.82. The number of alkyl halides is 3. The van der Waals surface area contributed by atoms with Crippen LogP contribution in [0, 0.1) is 0 Å². The third-order valence-corrected chi connectivity index (χ3v) is 3.17. The first kappa shape index (κ1) is 13.9. The monoisotopic (exact) mass is 285 g/mol. The van der Waals surface area contributed by atoms with Gasteiger partial charge in [-0.3, -0.25) is 0 Å². The molecule has 0 saturated heterocycles. The van der Waals surface area contributed by atoms with Crippen LogP contribution in [-0.2, 0) is 12.7 Å². The van der Waals surface area contributed by atoms with Gasteiger partial charge in [0.05, 0.1) is 5.56 Å². The Balaban J connectivity index is 2.57. The van der Waals surface area contributed by atoms with Crippen molar-refractivity contribution in [3.8, 4) is 11.1 Å². The number of benzene rings is 2. The van der Waals surface area contributed by atoms with E-state index in [9.17, 15) is 13.2 Å². The molecule has 0 fully saturated rings. The molecule has 5 heteroatoms. The van der Waals surface area contributed by atoms with Gasteiger partial charge in [0.25, 0.3) is 0 Å². The molecular weight excluding hydrogens is 275 g/mol. The van der Waals surface area contributed by atoms with Gasteiger partial charge in [0.15, 0.2) is 0 Å². The van der Waals surface area contributed by atoms with E-state index in [0.717, 1.165) is 6.07 Å². The molecule has 2 rings (SSSR count). The van der Waals surface area contributed by atoms with Crippen LogP contribution < -0.4 is 5.73 Å². The van der Waals surface area contributed by atoms with E-state index in [0.29, 0.717) is 16.1 Å². The highest BCUT2D eigenvalue weighted by Gasteiger charge is 2.33. The Morgan fingerprint density at radius 2 is 1.74 bits per heavy atom. The van der Waals surface area contributed by atoms with E-state index in [1.807, 2.05) is 0 Å². The quantitative estimate of drug-likeness (QED) is 0.865. The van der Waals surface area contributed by atoms with Gasteiger partial charge in [0.1, 0.15) is 0 Å². The molecule has 1 nitrogen and oxygen atoms in total. The molecule has 19 heavy (non-hydrogen) atoms. The first-order valence-electron chi connectivity index (χ1n) is 5.58. The topological polar surface area (TPSA) is 26.0 Å². The van der Waals surface area contributed by atoms with Gasteiger partial charge in [-0.05, 0) is 28.8 Å². The van der Waals surface area contributed by atoms with Gasteiger partial charge >= 0.3 is 6.18 Å². The molecule has 100 valence electrons. The summed E-state index contributed by atoms with van der Waals surface area (Å²) in [7, 11) is 0. The van der Waals surface area contributed by atoms with Gasteiger partial charge in [-0.25, -0.2) is 0 Å². The van der Waals surface area contributed by atoms with Gasteiger partial charge in [0.2, 0.25) is 0 Å². The second kappa shape index (κ2) is 5.23. The lowest BCUT2D eigenvalue weighted by atomic mass is 9.98. The van der Waals surface area contributed by atoms with E-state index in [1.54, 1.807) is 18.2 Å². The molecule has 0 saturated carbocycles. The maximum Gasteiger partial charge on any atom is 0.417 e. The van der Waals surface area contributed by atoms with Crippen LogP contribution in [0.15, 0.2) is 42.5 Å². The summed E-state index contributed by atoms with van der Waals surface area (Å²) in [5, 5.41) is 0.372. The van der Waals surface area contributed by atoms with Crippen molar-refractivity contribution in [1.82, 2.24) is 0 Å². The van der Waals surface area contributed by atoms with Crippen molar-refractivity contribution in [3.63, 3.8) is 0 Å². The summed E-state index contributed by atoms with van der Waals surface area (Å²) < 4.78 is 38.8. The first-order valence-corrected chi connectivity index (χ1v) is 5.96. The second-order valence-corrected chi connectivity index (χ2v) is 4.46. The maximum absolute atomic E-state index is 12.9. The molecule has 0 amide bonds. The molecule has 0 radical (unpaired) electrons. The molecule has 2 N–H and O–H groups in total. The van der Waals surface area contributed by atoms with E-state index in [4.69, 9.17) is 17.3 Å². The van der Waals surface area contributed by atoms with Gasteiger partial charge in [-0.1, -0.05) is 41.9 Å². The minimum Gasteiger partial charge on any atom is -0.326 e. The van der Waals surface area contributed by atoms with Crippen molar-refractivity contribution in [2.24, 2.45) is 5.73 Å². The zero-order chi connectivity index (χ0) is 14.0. The lowest BCUT2D eigenvalue weighted by Gasteiger charge is -2.13. The van der Waals surface area contributed by atoms with Crippen molar-refractivity contribution in [1.29, 1.82) is 0 Å². The molecule has 0 atom stereocenters. The zero-order valence-corrected chi connectivity index (χ0v) is 10.6. The van der Waals surface area contributed by atoms with E-state index >= 15 is 0 Å². The van der Waals surface area contributed by atoms with Gasteiger partial charge in [-0.15, -0.1) is 0 Å². The van der Waals surface area contributed by atoms with Crippen molar-refractivity contribution in [3.05, 3.63) is 58.6 Å². The van der Waals surface area contributed by atoms with Gasteiger partial charge in [-0.2, -0.15) is 13.2 Å². The van der Waals surface area contributed by atoms with Crippen LogP contribution >= 0.6 is 11.6 Å². The van der Waals surface area contributed by atoms with Crippen LogP contribution in [0.1, 0.15) is 11.1 Å². The van der Waals surface area contributed by atoms with E-state index in [2.05, 4.69) is 0 Å². The zero-order valence-electron chi connectivity index (χ0n) is 9.84. The molecule has 0 bridgehead atoms. The summed E-state index contributed by atoms with van der Waals surface area (Å²) in [4.78, 5) is 0. The number of hydrogen-bond acceptors (Lipinski definition) is 1. The van der Waals surface area contributed by atoms with E-state index < -0.39 is 11.7 Å². The number of rotatable bonds is 2. The Morgan fingerprint density at radius 1 is 1.05 bits per heavy atom. The van der Waals surface area contributed by atoms with Gasteiger partial charge in [0, 0.05) is 11.6 Å². The summed E-state index contributed by atoms with van der Waals surface area (Å²) >= 11 is 5.98. The van der Waals surface area contributed by atoms with Crippen LogP contribution in [0.4, 0.5) is 13.2 Å². The highest BCUT2D eigenvalue weighted by Crippen LogP contribution is 2.37. The summed E-state index contributed by atoms with van der Waals surface area (Å²) in [5.74, 6) is 0. The third kappa shape index (κ3) is 2.91. The normalized spacial score (nSPS) is 11.6.